The highest BCUT2D eigenvalue weighted by molar-refractivity contribution is 5.81. The predicted molar refractivity (Wildman–Crippen MR) is 109 cm³/mol. The maximum absolute atomic E-state index is 13.6. The lowest BCUT2D eigenvalue weighted by Gasteiger charge is -2.29. The van der Waals surface area contributed by atoms with Gasteiger partial charge >= 0.3 is 6.18 Å². The fourth-order valence-corrected chi connectivity index (χ4v) is 4.18. The zero-order valence-electron chi connectivity index (χ0n) is 17.4. The molecule has 12 heteroatoms. The first-order valence-corrected chi connectivity index (χ1v) is 10.4. The number of hydrogen-bond acceptors (Lipinski definition) is 7. The number of nitrogens with zero attached hydrogens (tertiary/aromatic N) is 5. The Morgan fingerprint density at radius 2 is 2.12 bits per heavy atom. The van der Waals surface area contributed by atoms with Gasteiger partial charge in [0.25, 0.3) is 0 Å². The van der Waals surface area contributed by atoms with Gasteiger partial charge in [-0.15, -0.1) is 0 Å². The Hall–Kier alpha value is -3.15. The molecular formula is C20H24F3N7O2. The number of halogens is 3. The van der Waals surface area contributed by atoms with Crippen LogP contribution in [-0.2, 0) is 17.5 Å². The standard InChI is InChI=1S/C20H24F3N7O2/c1-2-29-11-14(9-25-29)26-19-24-10-16(20(21,22)23)17(27-19)28-30(5-6-31)18(32)15-8-12-3-4-13(15)7-12/h3-4,9-13,15,31H,2,5-8H2,1H3,(H2,24,26,27,28). The Bertz CT molecular complexity index is 1010. The normalized spacial score (nSPS) is 21.7. The molecule has 9 nitrogen and oxygen atoms in total. The Balaban J connectivity index is 1.59. The molecule has 2 aromatic rings. The van der Waals surface area contributed by atoms with Crippen molar-refractivity contribution in [1.29, 1.82) is 0 Å². The van der Waals surface area contributed by atoms with Gasteiger partial charge in [-0.05, 0) is 31.6 Å². The lowest BCUT2D eigenvalue weighted by atomic mass is 9.92. The number of aliphatic hydroxyl groups excluding tert-OH is 1. The van der Waals surface area contributed by atoms with Crippen molar-refractivity contribution >= 4 is 23.4 Å². The molecule has 2 heterocycles. The summed E-state index contributed by atoms with van der Waals surface area (Å²) in [4.78, 5) is 20.8. The summed E-state index contributed by atoms with van der Waals surface area (Å²) >= 11 is 0. The van der Waals surface area contributed by atoms with Crippen LogP contribution in [-0.4, -0.2) is 48.9 Å². The number of rotatable bonds is 8. The third kappa shape index (κ3) is 4.54. The third-order valence-corrected chi connectivity index (χ3v) is 5.73. The number of hydrazine groups is 1. The molecule has 3 N–H and O–H groups in total. The van der Waals surface area contributed by atoms with Crippen LogP contribution in [0.5, 0.6) is 0 Å². The maximum atomic E-state index is 13.6. The van der Waals surface area contributed by atoms with Crippen molar-refractivity contribution in [3.05, 3.63) is 36.3 Å². The van der Waals surface area contributed by atoms with E-state index < -0.39 is 24.2 Å². The Kier molecular flexibility index (Phi) is 6.04. The number of fused-ring (bicyclic) bond motifs is 2. The molecule has 2 aliphatic rings. The first kappa shape index (κ1) is 22.1. The summed E-state index contributed by atoms with van der Waals surface area (Å²) in [6.07, 6.45) is 4.65. The monoisotopic (exact) mass is 451 g/mol. The molecule has 0 radical (unpaired) electrons. The molecule has 32 heavy (non-hydrogen) atoms. The van der Waals surface area contributed by atoms with Crippen molar-refractivity contribution in [3.8, 4) is 0 Å². The number of aryl methyl sites for hydroxylation is 1. The van der Waals surface area contributed by atoms with E-state index in [1.807, 2.05) is 13.0 Å². The van der Waals surface area contributed by atoms with Gasteiger partial charge in [0.05, 0.1) is 25.0 Å². The minimum atomic E-state index is -4.74. The summed E-state index contributed by atoms with van der Waals surface area (Å²) in [5.41, 5.74) is 1.90. The van der Waals surface area contributed by atoms with Crippen molar-refractivity contribution in [2.45, 2.75) is 32.5 Å². The summed E-state index contributed by atoms with van der Waals surface area (Å²) < 4.78 is 42.4. The number of amides is 1. The van der Waals surface area contributed by atoms with Crippen LogP contribution in [0.3, 0.4) is 0 Å². The van der Waals surface area contributed by atoms with Gasteiger partial charge < -0.3 is 10.4 Å². The molecule has 172 valence electrons. The van der Waals surface area contributed by atoms with Crippen LogP contribution in [0.2, 0.25) is 0 Å². The highest BCUT2D eigenvalue weighted by Crippen LogP contribution is 2.44. The van der Waals surface area contributed by atoms with E-state index in [9.17, 15) is 23.1 Å². The first-order chi connectivity index (χ1) is 15.3. The summed E-state index contributed by atoms with van der Waals surface area (Å²) in [5.74, 6) is -0.974. The first-order valence-electron chi connectivity index (χ1n) is 10.4. The number of carbonyl (C=O) groups excluding carboxylic acids is 1. The van der Waals surface area contributed by atoms with Crippen LogP contribution in [0.15, 0.2) is 30.7 Å². The molecule has 3 atom stereocenters. The van der Waals surface area contributed by atoms with E-state index in [2.05, 4.69) is 31.9 Å². The molecule has 0 aliphatic heterocycles. The minimum absolute atomic E-state index is 0.0651. The van der Waals surface area contributed by atoms with E-state index in [0.29, 0.717) is 30.8 Å². The van der Waals surface area contributed by atoms with Crippen molar-refractivity contribution in [3.63, 3.8) is 0 Å². The average molecular weight is 451 g/mol. The number of anilines is 3. The number of hydrogen-bond donors (Lipinski definition) is 3. The zero-order chi connectivity index (χ0) is 22.9. The number of alkyl halides is 3. The van der Waals surface area contributed by atoms with Crippen LogP contribution in [0.25, 0.3) is 0 Å². The Morgan fingerprint density at radius 3 is 2.72 bits per heavy atom. The van der Waals surface area contributed by atoms with Gasteiger partial charge in [0.2, 0.25) is 11.9 Å². The summed E-state index contributed by atoms with van der Waals surface area (Å²) in [7, 11) is 0. The van der Waals surface area contributed by atoms with Gasteiger partial charge in [0, 0.05) is 24.9 Å². The highest BCUT2D eigenvalue weighted by atomic mass is 19.4. The fourth-order valence-electron chi connectivity index (χ4n) is 4.18. The Labute approximate surface area is 182 Å². The predicted octanol–water partition coefficient (Wildman–Crippen LogP) is 2.82. The van der Waals surface area contributed by atoms with Gasteiger partial charge in [0.1, 0.15) is 5.56 Å². The second kappa shape index (κ2) is 8.77. The van der Waals surface area contributed by atoms with Crippen molar-refractivity contribution in [2.24, 2.45) is 17.8 Å². The van der Waals surface area contributed by atoms with Gasteiger partial charge in [-0.1, -0.05) is 12.2 Å². The number of carbonyl (C=O) groups is 1. The third-order valence-electron chi connectivity index (χ3n) is 5.73. The zero-order valence-corrected chi connectivity index (χ0v) is 17.4. The topological polar surface area (TPSA) is 108 Å². The summed E-state index contributed by atoms with van der Waals surface area (Å²) in [6, 6.07) is 0. The molecule has 2 aromatic heterocycles. The number of aliphatic hydroxyl groups is 1. The molecular weight excluding hydrogens is 427 g/mol. The van der Waals surface area contributed by atoms with E-state index in [-0.39, 0.29) is 30.2 Å². The average Bonchev–Trinajstić information content (AvgIpc) is 3.49. The maximum Gasteiger partial charge on any atom is 0.421 e. The molecule has 1 saturated carbocycles. The van der Waals surface area contributed by atoms with Crippen molar-refractivity contribution < 1.29 is 23.1 Å². The second-order valence-electron chi connectivity index (χ2n) is 7.88. The van der Waals surface area contributed by atoms with Gasteiger partial charge in [-0.25, -0.2) is 4.98 Å². The van der Waals surface area contributed by atoms with E-state index in [1.165, 1.54) is 6.20 Å². The lowest BCUT2D eigenvalue weighted by Crippen LogP contribution is -2.44. The van der Waals surface area contributed by atoms with E-state index in [1.54, 1.807) is 10.9 Å². The van der Waals surface area contributed by atoms with Crippen LogP contribution in [0.4, 0.5) is 30.6 Å². The molecule has 4 rings (SSSR count). The number of nitrogens with one attached hydrogen (secondary N) is 2. The van der Waals surface area contributed by atoms with E-state index in [4.69, 9.17) is 0 Å². The van der Waals surface area contributed by atoms with Crippen LogP contribution >= 0.6 is 0 Å². The number of allylic oxidation sites excluding steroid dienone is 2. The summed E-state index contributed by atoms with van der Waals surface area (Å²) in [5, 5.41) is 17.3. The van der Waals surface area contributed by atoms with Crippen molar-refractivity contribution in [2.75, 3.05) is 23.9 Å². The molecule has 2 bridgehead atoms. The molecule has 2 aliphatic carbocycles. The molecule has 1 amide bonds. The van der Waals surface area contributed by atoms with E-state index in [0.717, 1.165) is 11.4 Å². The molecule has 3 unspecified atom stereocenters. The minimum Gasteiger partial charge on any atom is -0.394 e. The van der Waals surface area contributed by atoms with Gasteiger partial charge in [-0.3, -0.25) is 19.9 Å². The highest BCUT2D eigenvalue weighted by Gasteiger charge is 2.42. The van der Waals surface area contributed by atoms with Crippen LogP contribution < -0.4 is 10.7 Å². The fraction of sp³-hybridized carbons (Fsp3) is 0.500. The molecule has 0 saturated heterocycles. The molecule has 0 aromatic carbocycles. The smallest absolute Gasteiger partial charge is 0.394 e. The SMILES string of the molecule is CCn1cc(Nc2ncc(C(F)(F)F)c(NN(CCO)C(=O)C3CC4C=CC3C4)n2)cn1. The lowest BCUT2D eigenvalue weighted by molar-refractivity contribution is -0.139. The Morgan fingerprint density at radius 1 is 1.31 bits per heavy atom. The number of aromatic nitrogens is 4. The van der Waals surface area contributed by atoms with Gasteiger partial charge in [0.15, 0.2) is 5.82 Å². The van der Waals surface area contributed by atoms with E-state index >= 15 is 0 Å². The van der Waals surface area contributed by atoms with Crippen LogP contribution in [0, 0.1) is 17.8 Å². The molecule has 1 fully saturated rings. The van der Waals surface area contributed by atoms with Gasteiger partial charge in [-0.2, -0.15) is 23.3 Å². The molecule has 0 spiro atoms. The van der Waals surface area contributed by atoms with Crippen LogP contribution in [0.1, 0.15) is 25.3 Å². The second-order valence-corrected chi connectivity index (χ2v) is 7.88. The largest absolute Gasteiger partial charge is 0.421 e. The quantitative estimate of drug-likeness (QED) is 0.418. The summed E-state index contributed by atoms with van der Waals surface area (Å²) in [6.45, 7) is 1.93. The van der Waals surface area contributed by atoms with Crippen molar-refractivity contribution in [1.82, 2.24) is 24.8 Å².